The molecule has 2 rings (SSSR count). The van der Waals surface area contributed by atoms with Crippen LogP contribution in [0.1, 0.15) is 29.6 Å². The van der Waals surface area contributed by atoms with E-state index in [2.05, 4.69) is 5.32 Å². The van der Waals surface area contributed by atoms with Gasteiger partial charge in [-0.05, 0) is 49.4 Å². The third kappa shape index (κ3) is 5.94. The van der Waals surface area contributed by atoms with Crippen molar-refractivity contribution in [3.63, 3.8) is 0 Å². The van der Waals surface area contributed by atoms with Gasteiger partial charge < -0.3 is 15.8 Å². The number of nitrogens with one attached hydrogen (secondary N) is 1. The quantitative estimate of drug-likeness (QED) is 0.596. The van der Waals surface area contributed by atoms with E-state index in [0.717, 1.165) is 25.6 Å². The maximum absolute atomic E-state index is 11.7. The topological polar surface area (TPSA) is 64.4 Å². The molecule has 0 saturated heterocycles. The maximum Gasteiger partial charge on any atom is 0.251 e. The Balaban J connectivity index is 0.00000180. The third-order valence-corrected chi connectivity index (χ3v) is 2.97. The van der Waals surface area contributed by atoms with Crippen molar-refractivity contribution in [2.24, 2.45) is 5.92 Å². The van der Waals surface area contributed by atoms with Crippen LogP contribution >= 0.6 is 12.4 Å². The highest BCUT2D eigenvalue weighted by Crippen LogP contribution is 2.28. The highest BCUT2D eigenvalue weighted by Gasteiger charge is 2.20. The molecular weight excluding hydrogens is 264 g/mol. The Morgan fingerprint density at radius 3 is 2.63 bits per heavy atom. The Bertz CT molecular complexity index is 391. The summed E-state index contributed by atoms with van der Waals surface area (Å²) in [6.45, 7) is 2.25. The zero-order valence-electron chi connectivity index (χ0n) is 10.9. The van der Waals surface area contributed by atoms with E-state index in [0.29, 0.717) is 17.8 Å². The van der Waals surface area contributed by atoms with Crippen molar-refractivity contribution >= 4 is 24.0 Å². The van der Waals surface area contributed by atoms with Gasteiger partial charge >= 0.3 is 0 Å². The Kier molecular flexibility index (Phi) is 6.67. The molecule has 1 aromatic carbocycles. The van der Waals surface area contributed by atoms with Crippen LogP contribution in [-0.2, 0) is 4.74 Å². The molecule has 19 heavy (non-hydrogen) atoms. The summed E-state index contributed by atoms with van der Waals surface area (Å²) in [6, 6.07) is 6.92. The van der Waals surface area contributed by atoms with Crippen LogP contribution in [0.25, 0.3) is 0 Å². The minimum Gasteiger partial charge on any atom is -0.399 e. The molecule has 0 spiro atoms. The lowest BCUT2D eigenvalue weighted by Crippen LogP contribution is -2.25. The van der Waals surface area contributed by atoms with Gasteiger partial charge in [0, 0.05) is 31.0 Å². The molecular formula is C14H21ClN2O2. The average molecular weight is 285 g/mol. The molecule has 1 fully saturated rings. The number of nitrogen functional groups attached to an aromatic ring is 1. The first kappa shape index (κ1) is 15.8. The van der Waals surface area contributed by atoms with Gasteiger partial charge in [-0.2, -0.15) is 0 Å². The van der Waals surface area contributed by atoms with E-state index in [1.807, 2.05) is 0 Å². The summed E-state index contributed by atoms with van der Waals surface area (Å²) in [5.74, 6) is 0.742. The normalized spacial score (nSPS) is 13.7. The fraction of sp³-hybridized carbons (Fsp3) is 0.500. The zero-order chi connectivity index (χ0) is 12.8. The Labute approximate surface area is 120 Å². The minimum atomic E-state index is -0.0582. The summed E-state index contributed by atoms with van der Waals surface area (Å²) in [6.07, 6.45) is 3.48. The lowest BCUT2D eigenvalue weighted by Gasteiger charge is -2.06. The number of benzene rings is 1. The maximum atomic E-state index is 11.7. The highest BCUT2D eigenvalue weighted by molar-refractivity contribution is 5.94. The van der Waals surface area contributed by atoms with E-state index in [4.69, 9.17) is 10.5 Å². The van der Waals surface area contributed by atoms with E-state index in [1.54, 1.807) is 24.3 Å². The number of amides is 1. The van der Waals surface area contributed by atoms with Crippen molar-refractivity contribution in [3.8, 4) is 0 Å². The predicted molar refractivity (Wildman–Crippen MR) is 78.6 cm³/mol. The summed E-state index contributed by atoms with van der Waals surface area (Å²) in [7, 11) is 0. The lowest BCUT2D eigenvalue weighted by molar-refractivity contribution is 0.0937. The molecule has 4 nitrogen and oxygen atoms in total. The van der Waals surface area contributed by atoms with Gasteiger partial charge in [-0.25, -0.2) is 0 Å². The summed E-state index contributed by atoms with van der Waals surface area (Å²) in [5, 5.41) is 2.86. The third-order valence-electron chi connectivity index (χ3n) is 2.97. The first-order valence-electron chi connectivity index (χ1n) is 6.47. The number of carbonyl (C=O) groups is 1. The Morgan fingerprint density at radius 1 is 1.32 bits per heavy atom. The van der Waals surface area contributed by atoms with Crippen LogP contribution in [0.2, 0.25) is 0 Å². The largest absolute Gasteiger partial charge is 0.399 e. The molecule has 1 amide bonds. The van der Waals surface area contributed by atoms with Gasteiger partial charge in [0.05, 0.1) is 0 Å². The summed E-state index contributed by atoms with van der Waals surface area (Å²) >= 11 is 0. The second-order valence-electron chi connectivity index (χ2n) is 4.75. The molecule has 0 atom stereocenters. The van der Waals surface area contributed by atoms with Crippen molar-refractivity contribution in [2.45, 2.75) is 19.3 Å². The van der Waals surface area contributed by atoms with Gasteiger partial charge in [0.25, 0.3) is 5.91 Å². The number of nitrogens with two attached hydrogens (primary N) is 1. The van der Waals surface area contributed by atoms with E-state index < -0.39 is 0 Å². The van der Waals surface area contributed by atoms with Gasteiger partial charge in [-0.1, -0.05) is 0 Å². The average Bonchev–Trinajstić information content (AvgIpc) is 3.18. The van der Waals surface area contributed by atoms with E-state index in [9.17, 15) is 4.79 Å². The van der Waals surface area contributed by atoms with Crippen LogP contribution in [0.3, 0.4) is 0 Å². The molecule has 3 N–H and O–H groups in total. The van der Waals surface area contributed by atoms with Crippen LogP contribution in [0, 0.1) is 5.92 Å². The molecule has 106 valence electrons. The molecule has 0 bridgehead atoms. The molecule has 1 aromatic rings. The molecule has 1 aliphatic rings. The van der Waals surface area contributed by atoms with Gasteiger partial charge in [-0.3, -0.25) is 4.79 Å². The number of anilines is 1. The second-order valence-corrected chi connectivity index (χ2v) is 4.75. The monoisotopic (exact) mass is 284 g/mol. The SMILES string of the molecule is Cl.Nc1ccc(C(=O)NCCCOCC2CC2)cc1. The molecule has 0 aliphatic heterocycles. The Morgan fingerprint density at radius 2 is 2.00 bits per heavy atom. The summed E-state index contributed by atoms with van der Waals surface area (Å²) in [5.41, 5.74) is 6.87. The van der Waals surface area contributed by atoms with Crippen LogP contribution in [-0.4, -0.2) is 25.7 Å². The predicted octanol–water partition coefficient (Wildman–Crippen LogP) is 2.24. The first-order chi connectivity index (χ1) is 8.75. The van der Waals surface area contributed by atoms with Gasteiger partial charge in [-0.15, -0.1) is 12.4 Å². The zero-order valence-corrected chi connectivity index (χ0v) is 11.7. The number of hydrogen-bond donors (Lipinski definition) is 2. The summed E-state index contributed by atoms with van der Waals surface area (Å²) in [4.78, 5) is 11.7. The van der Waals surface area contributed by atoms with Crippen LogP contribution in [0.5, 0.6) is 0 Å². The fourth-order valence-electron chi connectivity index (χ4n) is 1.65. The van der Waals surface area contributed by atoms with Crippen molar-refractivity contribution in [2.75, 3.05) is 25.5 Å². The first-order valence-corrected chi connectivity index (χ1v) is 6.47. The van der Waals surface area contributed by atoms with Gasteiger partial charge in [0.2, 0.25) is 0 Å². The van der Waals surface area contributed by atoms with E-state index in [-0.39, 0.29) is 18.3 Å². The van der Waals surface area contributed by atoms with E-state index >= 15 is 0 Å². The molecule has 0 aromatic heterocycles. The molecule has 0 unspecified atom stereocenters. The van der Waals surface area contributed by atoms with Crippen LogP contribution < -0.4 is 11.1 Å². The molecule has 1 aliphatic carbocycles. The number of carbonyl (C=O) groups excluding carboxylic acids is 1. The van der Waals surface area contributed by atoms with Gasteiger partial charge in [0.1, 0.15) is 0 Å². The van der Waals surface area contributed by atoms with Crippen LogP contribution in [0.4, 0.5) is 5.69 Å². The van der Waals surface area contributed by atoms with Crippen molar-refractivity contribution < 1.29 is 9.53 Å². The van der Waals surface area contributed by atoms with Crippen molar-refractivity contribution in [3.05, 3.63) is 29.8 Å². The molecule has 0 heterocycles. The number of ether oxygens (including phenoxy) is 1. The fourth-order valence-corrected chi connectivity index (χ4v) is 1.65. The van der Waals surface area contributed by atoms with Crippen molar-refractivity contribution in [1.82, 2.24) is 5.32 Å². The van der Waals surface area contributed by atoms with Crippen molar-refractivity contribution in [1.29, 1.82) is 0 Å². The molecule has 1 saturated carbocycles. The minimum absolute atomic E-state index is 0. The Hall–Kier alpha value is -1.26. The van der Waals surface area contributed by atoms with Gasteiger partial charge in [0.15, 0.2) is 0 Å². The van der Waals surface area contributed by atoms with Crippen LogP contribution in [0.15, 0.2) is 24.3 Å². The number of halogens is 1. The highest BCUT2D eigenvalue weighted by atomic mass is 35.5. The van der Waals surface area contributed by atoms with E-state index in [1.165, 1.54) is 12.8 Å². The smallest absolute Gasteiger partial charge is 0.251 e. The second kappa shape index (κ2) is 8.02. The summed E-state index contributed by atoms with van der Waals surface area (Å²) < 4.78 is 5.49. The molecule has 5 heteroatoms. The number of hydrogen-bond acceptors (Lipinski definition) is 3. The standard InChI is InChI=1S/C14H20N2O2.ClH/c15-13-6-4-12(5-7-13)14(17)16-8-1-9-18-10-11-2-3-11;/h4-7,11H,1-3,8-10,15H2,(H,16,17);1H. The number of rotatable bonds is 7. The lowest BCUT2D eigenvalue weighted by atomic mass is 10.2. The molecule has 0 radical (unpaired) electrons.